The molecule has 0 aliphatic carbocycles. The Hall–Kier alpha value is -5.41. The molecule has 0 atom stereocenters. The molecule has 9 aromatic rings. The van der Waals surface area contributed by atoms with E-state index in [1.165, 1.54) is 40.8 Å². The molecule has 9 rings (SSSR count). The van der Waals surface area contributed by atoms with Crippen molar-refractivity contribution in [3.63, 3.8) is 0 Å². The van der Waals surface area contributed by atoms with Gasteiger partial charge in [0.25, 0.3) is 0 Å². The van der Waals surface area contributed by atoms with E-state index in [1.54, 1.807) is 0 Å². The minimum absolute atomic E-state index is 0.155. The fourth-order valence-corrected chi connectivity index (χ4v) is 9.10. The van der Waals surface area contributed by atoms with Gasteiger partial charge in [-0.05, 0) is 0 Å². The minimum atomic E-state index is 0.155. The molecule has 0 N–H and O–H groups in total. The van der Waals surface area contributed by atoms with Gasteiger partial charge in [0, 0.05) is 0 Å². The molecule has 45 heavy (non-hydrogen) atoms. The Morgan fingerprint density at radius 1 is 0.378 bits per heavy atom. The molecule has 0 aliphatic heterocycles. The van der Waals surface area contributed by atoms with Gasteiger partial charge in [0.15, 0.2) is 0 Å². The van der Waals surface area contributed by atoms with Crippen molar-refractivity contribution in [3.05, 3.63) is 152 Å². The van der Waals surface area contributed by atoms with Crippen molar-refractivity contribution >= 4 is 55.3 Å². The van der Waals surface area contributed by atoms with E-state index in [4.69, 9.17) is 15.0 Å². The molecule has 0 saturated carbocycles. The Bertz CT molecular complexity index is 2540. The van der Waals surface area contributed by atoms with Crippen LogP contribution in [0.1, 0.15) is 0 Å². The van der Waals surface area contributed by atoms with E-state index in [0.29, 0.717) is 17.5 Å². The predicted molar refractivity (Wildman–Crippen MR) is 189 cm³/mol. The third kappa shape index (κ3) is 4.46. The van der Waals surface area contributed by atoms with Gasteiger partial charge in [0.05, 0.1) is 0 Å². The van der Waals surface area contributed by atoms with Crippen molar-refractivity contribution in [2.24, 2.45) is 0 Å². The second-order valence-corrected chi connectivity index (χ2v) is 13.4. The topological polar surface area (TPSA) is 38.7 Å². The molecule has 0 spiro atoms. The Balaban J connectivity index is 1.26. The molecule has 4 heteroatoms. The molecule has 210 valence electrons. The van der Waals surface area contributed by atoms with Crippen LogP contribution in [0.15, 0.2) is 152 Å². The molecule has 0 unspecified atom stereocenters. The van der Waals surface area contributed by atoms with Gasteiger partial charge < -0.3 is 0 Å². The van der Waals surface area contributed by atoms with Crippen molar-refractivity contribution in [2.45, 2.75) is 0 Å². The summed E-state index contributed by atoms with van der Waals surface area (Å²) in [5, 5.41) is 7.96. The van der Waals surface area contributed by atoms with Gasteiger partial charge in [-0.3, -0.25) is 0 Å². The summed E-state index contributed by atoms with van der Waals surface area (Å²) >= 11 is 0.155. The molecule has 2 heterocycles. The summed E-state index contributed by atoms with van der Waals surface area (Å²) in [5.74, 6) is 2.03. The second-order valence-electron chi connectivity index (χ2n) is 11.2. The number of hydrogen-bond donors (Lipinski definition) is 0. The monoisotopic (exact) mass is 639 g/mol. The summed E-state index contributed by atoms with van der Waals surface area (Å²) in [6.07, 6.45) is 0. The van der Waals surface area contributed by atoms with Crippen LogP contribution in [0.3, 0.4) is 0 Å². The van der Waals surface area contributed by atoms with Crippen LogP contribution in [-0.2, 0) is 0 Å². The van der Waals surface area contributed by atoms with E-state index in [9.17, 15) is 0 Å². The molecule has 0 radical (unpaired) electrons. The average Bonchev–Trinajstić information content (AvgIpc) is 3.50. The van der Waals surface area contributed by atoms with Gasteiger partial charge in [0.1, 0.15) is 0 Å². The first-order chi connectivity index (χ1) is 22.3. The Morgan fingerprint density at radius 3 is 1.80 bits per heavy atom. The molecule has 0 bridgehead atoms. The zero-order valence-corrected chi connectivity index (χ0v) is 25.9. The molecule has 7 aromatic carbocycles. The third-order valence-corrected chi connectivity index (χ3v) is 11.0. The van der Waals surface area contributed by atoms with Crippen LogP contribution in [0.4, 0.5) is 0 Å². The van der Waals surface area contributed by atoms with Crippen LogP contribution in [0.5, 0.6) is 0 Å². The number of rotatable bonds is 4. The fraction of sp³-hybridized carbons (Fsp3) is 0. The van der Waals surface area contributed by atoms with Gasteiger partial charge in [-0.1, -0.05) is 0 Å². The normalized spacial score (nSPS) is 11.6. The summed E-state index contributed by atoms with van der Waals surface area (Å²) in [4.78, 5) is 15.2. The van der Waals surface area contributed by atoms with Gasteiger partial charge in [-0.15, -0.1) is 0 Å². The van der Waals surface area contributed by atoms with E-state index < -0.39 is 0 Å². The Labute approximate surface area is 266 Å². The summed E-state index contributed by atoms with van der Waals surface area (Å²) in [7, 11) is 0. The maximum atomic E-state index is 5.14. The van der Waals surface area contributed by atoms with Gasteiger partial charge in [-0.25, -0.2) is 0 Å². The van der Waals surface area contributed by atoms with Gasteiger partial charge >= 0.3 is 267 Å². The summed E-state index contributed by atoms with van der Waals surface area (Å²) < 4.78 is 2.82. The number of hydrogen-bond acceptors (Lipinski definition) is 3. The van der Waals surface area contributed by atoms with E-state index in [1.807, 2.05) is 24.3 Å². The number of nitrogens with zero attached hydrogens (tertiary/aromatic N) is 3. The van der Waals surface area contributed by atoms with Crippen LogP contribution in [0.2, 0.25) is 0 Å². The molecule has 0 amide bonds. The Morgan fingerprint density at radius 2 is 0.978 bits per heavy atom. The standard InChI is InChI=1S/C41H25N3Se/c1-3-11-26(12-4-1)31-16-9-10-18-35(31)41-43-39(29-14-5-2-6-15-29)42-40(44-41)30-22-23-33-34-24-21-28-20-19-27-13-7-8-17-32(27)37(28)38(34)45-36(33)25-30/h1-25H. The second kappa shape index (κ2) is 10.6. The third-order valence-electron chi connectivity index (χ3n) is 8.52. The van der Waals surface area contributed by atoms with Crippen molar-refractivity contribution < 1.29 is 0 Å². The summed E-state index contributed by atoms with van der Waals surface area (Å²) in [6, 6.07) is 53.5. The van der Waals surface area contributed by atoms with E-state index >= 15 is 0 Å². The van der Waals surface area contributed by atoms with E-state index in [-0.39, 0.29) is 14.5 Å². The molecular formula is C41H25N3Se. The molecule has 2 aromatic heterocycles. The number of benzene rings is 7. The van der Waals surface area contributed by atoms with Crippen molar-refractivity contribution in [2.75, 3.05) is 0 Å². The molecule has 0 saturated heterocycles. The van der Waals surface area contributed by atoms with Crippen LogP contribution in [-0.4, -0.2) is 29.5 Å². The molecule has 0 fully saturated rings. The molecular weight excluding hydrogens is 613 g/mol. The Kier molecular flexibility index (Phi) is 6.15. The first-order valence-corrected chi connectivity index (χ1v) is 16.7. The summed E-state index contributed by atoms with van der Waals surface area (Å²) in [5.41, 5.74) is 5.20. The molecule has 0 aliphatic rings. The maximum absolute atomic E-state index is 5.14. The predicted octanol–water partition coefficient (Wildman–Crippen LogP) is 10.2. The van der Waals surface area contributed by atoms with Crippen molar-refractivity contribution in [3.8, 4) is 45.3 Å². The van der Waals surface area contributed by atoms with E-state index in [0.717, 1.165) is 27.8 Å². The number of fused-ring (bicyclic) bond motifs is 7. The fourth-order valence-electron chi connectivity index (χ4n) is 6.35. The first kappa shape index (κ1) is 26.0. The van der Waals surface area contributed by atoms with Crippen molar-refractivity contribution in [1.29, 1.82) is 0 Å². The number of aromatic nitrogens is 3. The quantitative estimate of drug-likeness (QED) is 0.142. The van der Waals surface area contributed by atoms with Crippen molar-refractivity contribution in [1.82, 2.24) is 15.0 Å². The summed E-state index contributed by atoms with van der Waals surface area (Å²) in [6.45, 7) is 0. The SMILES string of the molecule is c1ccc(-c2nc(-c3ccc4c(c3)[se]c3c4ccc4ccc5ccccc5c43)nc(-c3ccccc3-c3ccccc3)n2)cc1. The van der Waals surface area contributed by atoms with Crippen LogP contribution < -0.4 is 0 Å². The zero-order chi connectivity index (χ0) is 29.7. The van der Waals surface area contributed by atoms with Gasteiger partial charge in [-0.2, -0.15) is 0 Å². The average molecular weight is 639 g/mol. The van der Waals surface area contributed by atoms with Crippen LogP contribution in [0, 0.1) is 0 Å². The van der Waals surface area contributed by atoms with Crippen LogP contribution >= 0.6 is 0 Å². The van der Waals surface area contributed by atoms with Crippen LogP contribution in [0.25, 0.3) is 86.1 Å². The first-order valence-electron chi connectivity index (χ1n) is 15.0. The zero-order valence-electron chi connectivity index (χ0n) is 24.2. The van der Waals surface area contributed by atoms with E-state index in [2.05, 4.69) is 127 Å². The molecule has 3 nitrogen and oxygen atoms in total. The van der Waals surface area contributed by atoms with Gasteiger partial charge in [0.2, 0.25) is 0 Å².